The SMILES string of the molecule is C=Cc1cccc(C=Cc2ccc(-c3ccnc(Cc4cccc(C(C)O)c4)n3)s2)c1. The van der Waals surface area contributed by atoms with Crippen molar-refractivity contribution in [1.29, 1.82) is 0 Å². The number of benzene rings is 2. The van der Waals surface area contributed by atoms with Crippen molar-refractivity contribution in [3.63, 3.8) is 0 Å². The maximum Gasteiger partial charge on any atom is 0.133 e. The molecule has 4 aromatic rings. The quantitative estimate of drug-likeness (QED) is 0.361. The fourth-order valence-electron chi connectivity index (χ4n) is 3.32. The maximum absolute atomic E-state index is 9.81. The van der Waals surface area contributed by atoms with Gasteiger partial charge in [0, 0.05) is 17.5 Å². The summed E-state index contributed by atoms with van der Waals surface area (Å²) in [5.74, 6) is 0.770. The van der Waals surface area contributed by atoms with E-state index < -0.39 is 6.10 Å². The molecule has 0 aliphatic carbocycles. The number of nitrogens with zero attached hydrogens (tertiary/aromatic N) is 2. The second kappa shape index (κ2) is 9.65. The Hall–Kier alpha value is -3.34. The molecule has 0 bridgehead atoms. The maximum atomic E-state index is 9.81. The Morgan fingerprint density at radius 1 is 1.00 bits per heavy atom. The second-order valence-corrected chi connectivity index (χ2v) is 8.48. The summed E-state index contributed by atoms with van der Waals surface area (Å²) in [5, 5.41) is 9.81. The van der Waals surface area contributed by atoms with Gasteiger partial charge in [-0.1, -0.05) is 61.2 Å². The average molecular weight is 425 g/mol. The molecule has 154 valence electrons. The summed E-state index contributed by atoms with van der Waals surface area (Å²) in [7, 11) is 0. The van der Waals surface area contributed by atoms with E-state index in [-0.39, 0.29) is 0 Å². The zero-order valence-electron chi connectivity index (χ0n) is 17.4. The fraction of sp³-hybridized carbons (Fsp3) is 0.111. The van der Waals surface area contributed by atoms with Gasteiger partial charge in [-0.15, -0.1) is 11.3 Å². The molecular weight excluding hydrogens is 400 g/mol. The fourth-order valence-corrected chi connectivity index (χ4v) is 4.20. The number of thiophene rings is 1. The lowest BCUT2D eigenvalue weighted by molar-refractivity contribution is 0.199. The predicted molar refractivity (Wildman–Crippen MR) is 131 cm³/mol. The van der Waals surface area contributed by atoms with Crippen LogP contribution in [0.3, 0.4) is 0 Å². The predicted octanol–water partition coefficient (Wildman–Crippen LogP) is 6.66. The third-order valence-electron chi connectivity index (χ3n) is 4.97. The van der Waals surface area contributed by atoms with Crippen molar-refractivity contribution >= 4 is 29.6 Å². The van der Waals surface area contributed by atoms with Gasteiger partial charge in [0.05, 0.1) is 16.7 Å². The molecule has 3 nitrogen and oxygen atoms in total. The van der Waals surface area contributed by atoms with Gasteiger partial charge < -0.3 is 5.11 Å². The lowest BCUT2D eigenvalue weighted by Crippen LogP contribution is -1.99. The van der Waals surface area contributed by atoms with Crippen LogP contribution in [0.2, 0.25) is 0 Å². The van der Waals surface area contributed by atoms with E-state index in [9.17, 15) is 5.11 Å². The van der Waals surface area contributed by atoms with Crippen molar-refractivity contribution in [2.75, 3.05) is 0 Å². The molecular formula is C27H24N2OS. The molecule has 0 spiro atoms. The molecule has 4 heteroatoms. The minimum absolute atomic E-state index is 0.482. The Labute approximate surface area is 187 Å². The second-order valence-electron chi connectivity index (χ2n) is 7.37. The van der Waals surface area contributed by atoms with Gasteiger partial charge in [0.2, 0.25) is 0 Å². The molecule has 1 N–H and O–H groups in total. The third kappa shape index (κ3) is 5.43. The van der Waals surface area contributed by atoms with Gasteiger partial charge in [0.1, 0.15) is 5.82 Å². The van der Waals surface area contributed by atoms with Crippen LogP contribution in [0.4, 0.5) is 0 Å². The summed E-state index contributed by atoms with van der Waals surface area (Å²) in [6.07, 6.45) is 8.05. The van der Waals surface area contributed by atoms with E-state index in [1.165, 1.54) is 4.88 Å². The molecule has 1 unspecified atom stereocenters. The zero-order chi connectivity index (χ0) is 21.6. The molecule has 2 heterocycles. The first-order chi connectivity index (χ1) is 15.1. The van der Waals surface area contributed by atoms with Crippen molar-refractivity contribution in [2.24, 2.45) is 0 Å². The Morgan fingerprint density at radius 3 is 2.68 bits per heavy atom. The van der Waals surface area contributed by atoms with Crippen molar-refractivity contribution < 1.29 is 5.11 Å². The van der Waals surface area contributed by atoms with Crippen molar-refractivity contribution in [3.8, 4) is 10.6 Å². The van der Waals surface area contributed by atoms with Crippen LogP contribution >= 0.6 is 11.3 Å². The first kappa shape index (κ1) is 20.9. The number of hydrogen-bond donors (Lipinski definition) is 1. The zero-order valence-corrected chi connectivity index (χ0v) is 18.2. The van der Waals surface area contributed by atoms with Gasteiger partial charge in [-0.05, 0) is 59.5 Å². The molecule has 0 saturated carbocycles. The van der Waals surface area contributed by atoms with Gasteiger partial charge in [0.25, 0.3) is 0 Å². The van der Waals surface area contributed by atoms with Gasteiger partial charge in [-0.2, -0.15) is 0 Å². The lowest BCUT2D eigenvalue weighted by atomic mass is 10.0. The molecule has 0 fully saturated rings. The Balaban J connectivity index is 1.51. The molecule has 0 aliphatic heterocycles. The molecule has 4 rings (SSSR count). The molecule has 0 saturated heterocycles. The minimum atomic E-state index is -0.482. The number of aliphatic hydroxyl groups is 1. The molecule has 0 aliphatic rings. The lowest BCUT2D eigenvalue weighted by Gasteiger charge is -2.07. The van der Waals surface area contributed by atoms with Crippen LogP contribution in [0.5, 0.6) is 0 Å². The smallest absolute Gasteiger partial charge is 0.133 e. The summed E-state index contributed by atoms with van der Waals surface area (Å²) < 4.78 is 0. The van der Waals surface area contributed by atoms with Crippen LogP contribution in [0.1, 0.15) is 46.0 Å². The Morgan fingerprint density at radius 2 is 1.84 bits per heavy atom. The number of aromatic nitrogens is 2. The summed E-state index contributed by atoms with van der Waals surface area (Å²) in [6, 6.07) is 22.4. The van der Waals surface area contributed by atoms with Crippen molar-refractivity contribution in [1.82, 2.24) is 9.97 Å². The molecule has 0 amide bonds. The van der Waals surface area contributed by atoms with E-state index in [0.29, 0.717) is 6.42 Å². The summed E-state index contributed by atoms with van der Waals surface area (Å²) in [6.45, 7) is 5.60. The first-order valence-electron chi connectivity index (χ1n) is 10.2. The average Bonchev–Trinajstić information content (AvgIpc) is 3.27. The van der Waals surface area contributed by atoms with E-state index >= 15 is 0 Å². The topological polar surface area (TPSA) is 46.0 Å². The van der Waals surface area contributed by atoms with Crippen LogP contribution in [0.25, 0.3) is 28.8 Å². The first-order valence-corrected chi connectivity index (χ1v) is 11.0. The van der Waals surface area contributed by atoms with E-state index in [1.807, 2.05) is 54.7 Å². The van der Waals surface area contributed by atoms with Gasteiger partial charge in [-0.3, -0.25) is 0 Å². The van der Waals surface area contributed by atoms with Crippen molar-refractivity contribution in [2.45, 2.75) is 19.4 Å². The minimum Gasteiger partial charge on any atom is -0.389 e. The number of rotatable bonds is 7. The summed E-state index contributed by atoms with van der Waals surface area (Å²) in [5.41, 5.74) is 5.18. The normalized spacial score (nSPS) is 12.2. The van der Waals surface area contributed by atoms with E-state index in [2.05, 4.69) is 48.0 Å². The number of aliphatic hydroxyl groups excluding tert-OH is 1. The molecule has 31 heavy (non-hydrogen) atoms. The van der Waals surface area contributed by atoms with Gasteiger partial charge in [0.15, 0.2) is 0 Å². The Kier molecular flexibility index (Phi) is 6.51. The highest BCUT2D eigenvalue weighted by atomic mass is 32.1. The van der Waals surface area contributed by atoms with Crippen LogP contribution in [-0.2, 0) is 6.42 Å². The van der Waals surface area contributed by atoms with Gasteiger partial charge >= 0.3 is 0 Å². The standard InChI is InChI=1S/C27H24N2OS/c1-3-20-6-4-7-21(16-20)10-11-24-12-13-26(31-24)25-14-15-28-27(29-25)18-22-8-5-9-23(17-22)19(2)30/h3-17,19,30H,1,18H2,2H3. The van der Waals surface area contributed by atoms with E-state index in [4.69, 9.17) is 4.98 Å². The highest BCUT2D eigenvalue weighted by molar-refractivity contribution is 7.16. The van der Waals surface area contributed by atoms with Crippen LogP contribution in [0.15, 0.2) is 79.5 Å². The largest absolute Gasteiger partial charge is 0.389 e. The summed E-state index contributed by atoms with van der Waals surface area (Å²) >= 11 is 1.71. The van der Waals surface area contributed by atoms with E-state index in [1.54, 1.807) is 18.3 Å². The van der Waals surface area contributed by atoms with E-state index in [0.717, 1.165) is 38.6 Å². The van der Waals surface area contributed by atoms with Crippen molar-refractivity contribution in [3.05, 3.63) is 112 Å². The molecule has 1 atom stereocenters. The van der Waals surface area contributed by atoms with Gasteiger partial charge in [-0.25, -0.2) is 9.97 Å². The van der Waals surface area contributed by atoms with Crippen LogP contribution in [0, 0.1) is 0 Å². The highest BCUT2D eigenvalue weighted by Gasteiger charge is 2.07. The highest BCUT2D eigenvalue weighted by Crippen LogP contribution is 2.28. The van der Waals surface area contributed by atoms with Crippen LogP contribution in [-0.4, -0.2) is 15.1 Å². The number of hydrogen-bond acceptors (Lipinski definition) is 4. The molecule has 2 aromatic heterocycles. The molecule has 2 aromatic carbocycles. The summed E-state index contributed by atoms with van der Waals surface area (Å²) in [4.78, 5) is 11.5. The molecule has 0 radical (unpaired) electrons. The third-order valence-corrected chi connectivity index (χ3v) is 6.04. The van der Waals surface area contributed by atoms with Crippen LogP contribution < -0.4 is 0 Å². The Bertz CT molecular complexity index is 1220. The monoisotopic (exact) mass is 424 g/mol.